The Bertz CT molecular complexity index is 460. The van der Waals surface area contributed by atoms with Gasteiger partial charge in [-0.3, -0.25) is 4.79 Å². The minimum atomic E-state index is 0.0469. The van der Waals surface area contributed by atoms with E-state index in [2.05, 4.69) is 23.6 Å². The van der Waals surface area contributed by atoms with Crippen LogP contribution in [0.3, 0.4) is 0 Å². The van der Waals surface area contributed by atoms with Crippen molar-refractivity contribution in [1.29, 1.82) is 0 Å². The van der Waals surface area contributed by atoms with E-state index in [0.717, 1.165) is 25.1 Å². The summed E-state index contributed by atoms with van der Waals surface area (Å²) in [7, 11) is 0. The van der Waals surface area contributed by atoms with Gasteiger partial charge in [-0.1, -0.05) is 19.1 Å². The monoisotopic (exact) mass is 276 g/mol. The van der Waals surface area contributed by atoms with Crippen LogP contribution in [-0.4, -0.2) is 25.6 Å². The van der Waals surface area contributed by atoms with Crippen LogP contribution >= 0.6 is 0 Å². The highest BCUT2D eigenvalue weighted by molar-refractivity contribution is 5.75. The third-order valence-electron chi connectivity index (χ3n) is 3.64. The van der Waals surface area contributed by atoms with E-state index in [1.807, 2.05) is 19.1 Å². The summed E-state index contributed by atoms with van der Waals surface area (Å²) in [5.74, 6) is 0.984. The normalized spacial score (nSPS) is 16.8. The van der Waals surface area contributed by atoms with Gasteiger partial charge in [0.25, 0.3) is 0 Å². The number of nitrogens with one attached hydrogen (secondary N) is 2. The first-order valence-corrected chi connectivity index (χ1v) is 7.50. The van der Waals surface area contributed by atoms with Crippen LogP contribution in [0.1, 0.15) is 43.9 Å². The van der Waals surface area contributed by atoms with Crippen molar-refractivity contribution in [1.82, 2.24) is 10.6 Å². The maximum atomic E-state index is 11.4. The molecule has 0 heterocycles. The summed E-state index contributed by atoms with van der Waals surface area (Å²) in [5.41, 5.74) is 2.65. The molecule has 1 atom stereocenters. The van der Waals surface area contributed by atoms with Gasteiger partial charge < -0.3 is 15.4 Å². The van der Waals surface area contributed by atoms with Crippen molar-refractivity contribution in [3.8, 4) is 5.75 Å². The molecule has 0 spiro atoms. The molecule has 110 valence electrons. The number of rotatable bonds is 7. The Morgan fingerprint density at radius 2 is 2.20 bits per heavy atom. The predicted octanol–water partition coefficient (Wildman–Crippen LogP) is 2.19. The zero-order valence-corrected chi connectivity index (χ0v) is 12.4. The van der Waals surface area contributed by atoms with E-state index in [4.69, 9.17) is 4.74 Å². The number of amides is 1. The lowest BCUT2D eigenvalue weighted by Gasteiger charge is -2.14. The molecule has 1 amide bonds. The maximum Gasteiger partial charge on any atom is 0.223 e. The zero-order chi connectivity index (χ0) is 14.4. The Kier molecular flexibility index (Phi) is 5.41. The van der Waals surface area contributed by atoms with Crippen LogP contribution in [-0.2, 0) is 11.2 Å². The van der Waals surface area contributed by atoms with Gasteiger partial charge in [0.2, 0.25) is 5.91 Å². The fourth-order valence-corrected chi connectivity index (χ4v) is 2.75. The van der Waals surface area contributed by atoms with E-state index in [0.29, 0.717) is 25.6 Å². The lowest BCUT2D eigenvalue weighted by atomic mass is 10.1. The van der Waals surface area contributed by atoms with Crippen molar-refractivity contribution in [2.75, 3.05) is 19.7 Å². The zero-order valence-electron chi connectivity index (χ0n) is 12.4. The molecule has 20 heavy (non-hydrogen) atoms. The molecule has 0 fully saturated rings. The van der Waals surface area contributed by atoms with Crippen molar-refractivity contribution in [2.45, 2.75) is 39.2 Å². The van der Waals surface area contributed by atoms with Gasteiger partial charge in [0, 0.05) is 12.6 Å². The number of hydrogen-bond acceptors (Lipinski definition) is 3. The van der Waals surface area contributed by atoms with Gasteiger partial charge in [-0.05, 0) is 43.5 Å². The molecular formula is C16H24N2O2. The highest BCUT2D eigenvalue weighted by Gasteiger charge is 2.24. The van der Waals surface area contributed by atoms with Gasteiger partial charge in [0.1, 0.15) is 5.75 Å². The van der Waals surface area contributed by atoms with Crippen LogP contribution in [0, 0.1) is 0 Å². The summed E-state index contributed by atoms with van der Waals surface area (Å²) in [6.07, 6.45) is 2.58. The molecular weight excluding hydrogens is 252 g/mol. The second kappa shape index (κ2) is 7.29. The van der Waals surface area contributed by atoms with Crippen molar-refractivity contribution in [3.05, 3.63) is 29.3 Å². The third-order valence-corrected chi connectivity index (χ3v) is 3.64. The Morgan fingerprint density at radius 1 is 1.35 bits per heavy atom. The van der Waals surface area contributed by atoms with E-state index in [-0.39, 0.29) is 5.91 Å². The van der Waals surface area contributed by atoms with Crippen LogP contribution in [0.2, 0.25) is 0 Å². The topological polar surface area (TPSA) is 50.4 Å². The van der Waals surface area contributed by atoms with Gasteiger partial charge in [0.15, 0.2) is 0 Å². The van der Waals surface area contributed by atoms with Crippen molar-refractivity contribution < 1.29 is 9.53 Å². The summed E-state index contributed by atoms with van der Waals surface area (Å²) in [6.45, 7) is 6.14. The molecule has 1 aromatic rings. The summed E-state index contributed by atoms with van der Waals surface area (Å²) < 4.78 is 5.80. The number of carbonyl (C=O) groups excluding carboxylic acids is 1. The summed E-state index contributed by atoms with van der Waals surface area (Å²) >= 11 is 0. The maximum absolute atomic E-state index is 11.4. The van der Waals surface area contributed by atoms with Crippen LogP contribution in [0.25, 0.3) is 0 Å². The summed E-state index contributed by atoms with van der Waals surface area (Å²) in [5, 5.41) is 6.28. The molecule has 1 aliphatic carbocycles. The van der Waals surface area contributed by atoms with E-state index in [9.17, 15) is 4.79 Å². The van der Waals surface area contributed by atoms with E-state index < -0.39 is 0 Å². The number of carbonyl (C=O) groups is 1. The Balaban J connectivity index is 1.95. The lowest BCUT2D eigenvalue weighted by molar-refractivity contribution is -0.121. The third kappa shape index (κ3) is 3.51. The van der Waals surface area contributed by atoms with Gasteiger partial charge in [-0.2, -0.15) is 0 Å². The van der Waals surface area contributed by atoms with Gasteiger partial charge >= 0.3 is 0 Å². The fourth-order valence-electron chi connectivity index (χ4n) is 2.75. The number of fused-ring (bicyclic) bond motifs is 1. The number of hydrogen-bond donors (Lipinski definition) is 2. The smallest absolute Gasteiger partial charge is 0.223 e. The second-order valence-corrected chi connectivity index (χ2v) is 5.02. The molecule has 1 aliphatic rings. The van der Waals surface area contributed by atoms with Gasteiger partial charge in [-0.25, -0.2) is 0 Å². The first-order valence-electron chi connectivity index (χ1n) is 7.50. The quantitative estimate of drug-likeness (QED) is 0.802. The molecule has 0 bridgehead atoms. The number of ether oxygens (including phenoxy) is 1. The minimum Gasteiger partial charge on any atom is -0.493 e. The molecule has 2 rings (SSSR count). The molecule has 0 saturated heterocycles. The average molecular weight is 276 g/mol. The first kappa shape index (κ1) is 14.9. The molecule has 4 heteroatoms. The molecule has 0 saturated carbocycles. The fraction of sp³-hybridized carbons (Fsp3) is 0.562. The lowest BCUT2D eigenvalue weighted by Crippen LogP contribution is -2.24. The Hall–Kier alpha value is -1.55. The van der Waals surface area contributed by atoms with Gasteiger partial charge in [0.05, 0.1) is 13.0 Å². The van der Waals surface area contributed by atoms with Crippen LogP contribution in [0.15, 0.2) is 18.2 Å². The molecule has 1 unspecified atom stereocenters. The van der Waals surface area contributed by atoms with Gasteiger partial charge in [-0.15, -0.1) is 0 Å². The predicted molar refractivity (Wildman–Crippen MR) is 80.0 cm³/mol. The van der Waals surface area contributed by atoms with Crippen LogP contribution in [0.4, 0.5) is 0 Å². The van der Waals surface area contributed by atoms with Crippen molar-refractivity contribution in [3.63, 3.8) is 0 Å². The highest BCUT2D eigenvalue weighted by atomic mass is 16.5. The van der Waals surface area contributed by atoms with E-state index in [1.54, 1.807) is 0 Å². The van der Waals surface area contributed by atoms with Crippen LogP contribution in [0.5, 0.6) is 5.75 Å². The van der Waals surface area contributed by atoms with Crippen molar-refractivity contribution >= 4 is 5.91 Å². The SMILES string of the molecule is CCNC(=O)CCOc1cccc2c1CCC2NCC. The standard InChI is InChI=1S/C16H24N2O2/c1-3-17-14-9-8-13-12(14)6-5-7-15(13)20-11-10-16(19)18-4-2/h5-7,14,17H,3-4,8-11H2,1-2H3,(H,18,19). The van der Waals surface area contributed by atoms with E-state index in [1.165, 1.54) is 11.1 Å². The van der Waals surface area contributed by atoms with Crippen molar-refractivity contribution in [2.24, 2.45) is 0 Å². The van der Waals surface area contributed by atoms with Crippen LogP contribution < -0.4 is 15.4 Å². The molecule has 4 nitrogen and oxygen atoms in total. The highest BCUT2D eigenvalue weighted by Crippen LogP contribution is 2.36. The Morgan fingerprint density at radius 3 is 2.95 bits per heavy atom. The first-order chi connectivity index (χ1) is 9.76. The largest absolute Gasteiger partial charge is 0.493 e. The Labute approximate surface area is 120 Å². The minimum absolute atomic E-state index is 0.0469. The number of benzene rings is 1. The summed E-state index contributed by atoms with van der Waals surface area (Å²) in [6, 6.07) is 6.66. The molecule has 2 N–H and O–H groups in total. The second-order valence-electron chi connectivity index (χ2n) is 5.02. The molecule has 0 aliphatic heterocycles. The average Bonchev–Trinajstić information content (AvgIpc) is 2.84. The van der Waals surface area contributed by atoms with E-state index >= 15 is 0 Å². The molecule has 0 aromatic heterocycles. The molecule has 1 aromatic carbocycles. The summed E-state index contributed by atoms with van der Waals surface area (Å²) in [4.78, 5) is 11.4. The molecule has 0 radical (unpaired) electrons.